The van der Waals surface area contributed by atoms with E-state index in [1.807, 2.05) is 5.32 Å². The molecule has 0 aromatic heterocycles. The van der Waals surface area contributed by atoms with Crippen molar-refractivity contribution in [2.75, 3.05) is 19.5 Å². The van der Waals surface area contributed by atoms with Crippen LogP contribution in [0, 0.1) is 0 Å². The summed E-state index contributed by atoms with van der Waals surface area (Å²) in [5, 5.41) is 7.69. The Hall–Kier alpha value is -2.94. The minimum atomic E-state index is -0.644. The summed E-state index contributed by atoms with van der Waals surface area (Å²) in [5.41, 5.74) is 0.473. The van der Waals surface area contributed by atoms with Gasteiger partial charge in [0.2, 0.25) is 5.91 Å². The molecule has 0 radical (unpaired) electrons. The molecule has 2 amide bonds. The number of methoxy groups -OCH3 is 2. The smallest absolute Gasteiger partial charge is 0.337 e. The Labute approximate surface area is 168 Å². The van der Waals surface area contributed by atoms with E-state index < -0.39 is 18.0 Å². The number of fused-ring (bicyclic) bond motifs is 1. The molecule has 1 aliphatic heterocycles. The van der Waals surface area contributed by atoms with Crippen LogP contribution in [0.15, 0.2) is 18.2 Å². The molecule has 1 aromatic rings. The number of rotatable bonds is 5. The van der Waals surface area contributed by atoms with Crippen LogP contribution < -0.4 is 16.0 Å². The lowest BCUT2D eigenvalue weighted by molar-refractivity contribution is -0.718. The number of benzene rings is 1. The number of amides is 2. The summed E-state index contributed by atoms with van der Waals surface area (Å²) in [6.45, 7) is 0. The van der Waals surface area contributed by atoms with E-state index in [2.05, 4.69) is 20.1 Å². The second-order valence-electron chi connectivity index (χ2n) is 7.40. The third-order valence-corrected chi connectivity index (χ3v) is 5.43. The van der Waals surface area contributed by atoms with Crippen molar-refractivity contribution >= 4 is 29.4 Å². The highest BCUT2D eigenvalue weighted by molar-refractivity contribution is 6.00. The SMILES string of the molecule is COC(=O)c1cc(NC(=O)C[C@@H]2[NH2+][C@@H]3CCCC[C@@H]3NC2=O)cc(C(=O)OC)c1. The average molecular weight is 404 g/mol. The molecule has 156 valence electrons. The number of anilines is 1. The molecule has 3 rings (SSSR count). The van der Waals surface area contributed by atoms with E-state index in [0.717, 1.165) is 25.7 Å². The molecule has 1 heterocycles. The first-order chi connectivity index (χ1) is 13.9. The van der Waals surface area contributed by atoms with Crippen molar-refractivity contribution in [3.8, 4) is 0 Å². The number of quaternary nitrogens is 1. The number of nitrogens with one attached hydrogen (secondary N) is 2. The van der Waals surface area contributed by atoms with Gasteiger partial charge in [0, 0.05) is 12.1 Å². The van der Waals surface area contributed by atoms with Gasteiger partial charge in [0.05, 0.1) is 37.8 Å². The molecule has 4 N–H and O–H groups in total. The van der Waals surface area contributed by atoms with E-state index in [4.69, 9.17) is 0 Å². The molecular formula is C20H26N3O6+. The van der Waals surface area contributed by atoms with Crippen LogP contribution in [0.3, 0.4) is 0 Å². The lowest BCUT2D eigenvalue weighted by Gasteiger charge is -2.37. The van der Waals surface area contributed by atoms with Gasteiger partial charge in [-0.25, -0.2) is 9.59 Å². The van der Waals surface area contributed by atoms with Crippen LogP contribution in [-0.2, 0) is 19.1 Å². The Balaban J connectivity index is 1.70. The summed E-state index contributed by atoms with van der Waals surface area (Å²) in [6.07, 6.45) is 4.23. The summed E-state index contributed by atoms with van der Waals surface area (Å²) in [5.74, 6) is -1.81. The topological polar surface area (TPSA) is 127 Å². The Kier molecular flexibility index (Phi) is 6.48. The van der Waals surface area contributed by atoms with Gasteiger partial charge in [-0.05, 0) is 31.0 Å². The van der Waals surface area contributed by atoms with Crippen LogP contribution in [0.25, 0.3) is 0 Å². The van der Waals surface area contributed by atoms with Gasteiger partial charge in [-0.2, -0.15) is 0 Å². The van der Waals surface area contributed by atoms with Crippen molar-refractivity contribution in [2.45, 2.75) is 50.2 Å². The van der Waals surface area contributed by atoms with Gasteiger partial charge in [-0.15, -0.1) is 0 Å². The van der Waals surface area contributed by atoms with Crippen molar-refractivity contribution in [1.82, 2.24) is 5.32 Å². The second-order valence-corrected chi connectivity index (χ2v) is 7.40. The lowest BCUT2D eigenvalue weighted by atomic mass is 9.87. The van der Waals surface area contributed by atoms with Gasteiger partial charge in [-0.1, -0.05) is 6.42 Å². The van der Waals surface area contributed by atoms with Crippen molar-refractivity contribution < 1.29 is 34.0 Å². The van der Waals surface area contributed by atoms with Gasteiger partial charge < -0.3 is 25.4 Å². The lowest BCUT2D eigenvalue weighted by Crippen LogP contribution is -3.03. The van der Waals surface area contributed by atoms with Crippen LogP contribution in [0.5, 0.6) is 0 Å². The van der Waals surface area contributed by atoms with Gasteiger partial charge >= 0.3 is 11.9 Å². The van der Waals surface area contributed by atoms with Crippen LogP contribution in [0.4, 0.5) is 5.69 Å². The zero-order valence-corrected chi connectivity index (χ0v) is 16.5. The molecule has 0 bridgehead atoms. The van der Waals surface area contributed by atoms with Crippen molar-refractivity contribution in [1.29, 1.82) is 0 Å². The molecule has 0 spiro atoms. The monoisotopic (exact) mass is 404 g/mol. The van der Waals surface area contributed by atoms with Crippen molar-refractivity contribution in [2.24, 2.45) is 0 Å². The maximum Gasteiger partial charge on any atom is 0.337 e. The standard InChI is InChI=1S/C20H25N3O6/c1-28-19(26)11-7-12(20(27)29-2)9-13(8-11)21-17(24)10-16-18(25)23-15-6-4-3-5-14(15)22-16/h7-9,14-16,22H,3-6,10H2,1-2H3,(H,21,24)(H,23,25)/p+1/t14-,15+,16+/m1/s1. The summed E-state index contributed by atoms with van der Waals surface area (Å²) in [7, 11) is 2.45. The Morgan fingerprint density at radius 2 is 1.69 bits per heavy atom. The summed E-state index contributed by atoms with van der Waals surface area (Å²) < 4.78 is 9.38. The number of hydrogen-bond donors (Lipinski definition) is 3. The predicted molar refractivity (Wildman–Crippen MR) is 102 cm³/mol. The molecule has 2 fully saturated rings. The third-order valence-electron chi connectivity index (χ3n) is 5.43. The number of ether oxygens (including phenoxy) is 2. The van der Waals surface area contributed by atoms with Gasteiger partial charge in [0.15, 0.2) is 6.04 Å². The minimum absolute atomic E-state index is 0.00887. The van der Waals surface area contributed by atoms with E-state index in [0.29, 0.717) is 6.04 Å². The predicted octanol–water partition coefficient (Wildman–Crippen LogP) is -0.0386. The van der Waals surface area contributed by atoms with Crippen LogP contribution >= 0.6 is 0 Å². The highest BCUT2D eigenvalue weighted by Gasteiger charge is 2.40. The Morgan fingerprint density at radius 1 is 1.07 bits per heavy atom. The molecule has 1 aromatic carbocycles. The molecule has 9 nitrogen and oxygen atoms in total. The fraction of sp³-hybridized carbons (Fsp3) is 0.500. The maximum atomic E-state index is 12.5. The number of carbonyl (C=O) groups excluding carboxylic acids is 4. The summed E-state index contributed by atoms with van der Waals surface area (Å²) >= 11 is 0. The first-order valence-electron chi connectivity index (χ1n) is 9.68. The van der Waals surface area contributed by atoms with E-state index in [9.17, 15) is 19.2 Å². The van der Waals surface area contributed by atoms with Gasteiger partial charge in [0.1, 0.15) is 6.04 Å². The Bertz CT molecular complexity index is 790. The van der Waals surface area contributed by atoms with Crippen LogP contribution in [-0.4, -0.2) is 56.1 Å². The molecule has 29 heavy (non-hydrogen) atoms. The molecular weight excluding hydrogens is 378 g/mol. The zero-order valence-electron chi connectivity index (χ0n) is 16.5. The molecule has 2 aliphatic rings. The highest BCUT2D eigenvalue weighted by Crippen LogP contribution is 2.20. The second kappa shape index (κ2) is 9.04. The minimum Gasteiger partial charge on any atom is -0.465 e. The largest absolute Gasteiger partial charge is 0.465 e. The number of piperazine rings is 1. The molecule has 1 saturated carbocycles. The normalized spacial score (nSPS) is 23.4. The Morgan fingerprint density at radius 3 is 2.31 bits per heavy atom. The molecule has 9 heteroatoms. The number of hydrogen-bond acceptors (Lipinski definition) is 6. The third kappa shape index (κ3) is 4.92. The van der Waals surface area contributed by atoms with Gasteiger partial charge in [0.25, 0.3) is 5.91 Å². The van der Waals surface area contributed by atoms with Crippen LogP contribution in [0.2, 0.25) is 0 Å². The summed E-state index contributed by atoms with van der Waals surface area (Å²) in [6, 6.07) is 4.13. The molecule has 0 unspecified atom stereocenters. The van der Waals surface area contributed by atoms with Crippen molar-refractivity contribution in [3.63, 3.8) is 0 Å². The summed E-state index contributed by atoms with van der Waals surface area (Å²) in [4.78, 5) is 48.6. The van der Waals surface area contributed by atoms with Crippen molar-refractivity contribution in [3.05, 3.63) is 29.3 Å². The first kappa shape index (κ1) is 20.8. The molecule has 1 aliphatic carbocycles. The quantitative estimate of drug-likeness (QED) is 0.591. The fourth-order valence-electron chi connectivity index (χ4n) is 3.99. The maximum absolute atomic E-state index is 12.5. The average Bonchev–Trinajstić information content (AvgIpc) is 2.72. The highest BCUT2D eigenvalue weighted by atomic mass is 16.5. The van der Waals surface area contributed by atoms with Gasteiger partial charge in [-0.3, -0.25) is 9.59 Å². The number of esters is 2. The molecule has 1 saturated heterocycles. The number of nitrogens with two attached hydrogens (primary N) is 1. The first-order valence-corrected chi connectivity index (χ1v) is 9.68. The molecule has 3 atom stereocenters. The van der Waals surface area contributed by atoms with E-state index in [1.165, 1.54) is 32.4 Å². The fourth-order valence-corrected chi connectivity index (χ4v) is 3.99. The van der Waals surface area contributed by atoms with E-state index in [1.54, 1.807) is 0 Å². The van der Waals surface area contributed by atoms with E-state index in [-0.39, 0.29) is 41.1 Å². The van der Waals surface area contributed by atoms with E-state index >= 15 is 0 Å². The zero-order chi connectivity index (χ0) is 21.0. The van der Waals surface area contributed by atoms with Crippen LogP contribution in [0.1, 0.15) is 52.8 Å². The number of carbonyl (C=O) groups is 4.